The van der Waals surface area contributed by atoms with Crippen LogP contribution in [0.2, 0.25) is 0 Å². The Labute approximate surface area is 79.6 Å². The number of rotatable bonds is 0. The van der Waals surface area contributed by atoms with E-state index in [1.807, 2.05) is 0 Å². The van der Waals surface area contributed by atoms with Gasteiger partial charge in [-0.2, -0.15) is 0 Å². The summed E-state index contributed by atoms with van der Waals surface area (Å²) in [5.41, 5.74) is 5.95. The third-order valence-corrected chi connectivity index (χ3v) is 2.08. The van der Waals surface area contributed by atoms with E-state index >= 15 is 0 Å². The molecule has 1 nitrogen and oxygen atoms in total. The minimum absolute atomic E-state index is 0. The Morgan fingerprint density at radius 3 is 1.18 bits per heavy atom. The number of fused-ring (bicyclic) bond motifs is 1. The Balaban J connectivity index is 0. The van der Waals surface area contributed by atoms with Gasteiger partial charge in [0.15, 0.2) is 0 Å². The van der Waals surface area contributed by atoms with Crippen LogP contribution in [-0.4, -0.2) is 0 Å². The van der Waals surface area contributed by atoms with E-state index in [1.165, 1.54) is 22.3 Å². The van der Waals surface area contributed by atoms with Crippen molar-refractivity contribution in [3.05, 3.63) is 23.3 Å². The van der Waals surface area contributed by atoms with Crippen molar-refractivity contribution in [3.63, 3.8) is 0 Å². The fourth-order valence-corrected chi connectivity index (χ4v) is 1.25. The first-order chi connectivity index (χ1) is 3.80. The van der Waals surface area contributed by atoms with Crippen molar-refractivity contribution < 1.29 is 0 Å². The van der Waals surface area contributed by atoms with Gasteiger partial charge >= 0.3 is 0 Å². The average molecular weight is 194 g/mol. The van der Waals surface area contributed by atoms with Gasteiger partial charge in [0, 0.05) is 0 Å². The molecule has 0 unspecified atom stereocenters. The van der Waals surface area contributed by atoms with Crippen molar-refractivity contribution in [2.24, 2.45) is 0 Å². The van der Waals surface area contributed by atoms with Crippen LogP contribution in [0.4, 0.5) is 0 Å². The van der Waals surface area contributed by atoms with Crippen molar-refractivity contribution in [3.8, 4) is 11.1 Å². The van der Waals surface area contributed by atoms with Gasteiger partial charge in [-0.05, 0) is 36.1 Å². The van der Waals surface area contributed by atoms with Crippen LogP contribution in [-0.2, 0) is 0 Å². The second-order valence-electron chi connectivity index (χ2n) is 2.41. The molecule has 2 rings (SSSR count). The van der Waals surface area contributed by atoms with Gasteiger partial charge in [-0.15, -0.1) is 24.8 Å². The molecule has 0 aromatic heterocycles. The topological polar surface area (TPSA) is 35.0 Å². The summed E-state index contributed by atoms with van der Waals surface area (Å²) in [4.78, 5) is 0. The number of halogens is 2. The van der Waals surface area contributed by atoms with E-state index in [4.69, 9.17) is 0 Å². The molecule has 2 aliphatic rings. The van der Waals surface area contributed by atoms with Gasteiger partial charge in [-0.1, -0.05) is 12.1 Å². The van der Waals surface area contributed by atoms with Gasteiger partial charge < -0.3 is 6.15 Å². The van der Waals surface area contributed by atoms with E-state index in [0.717, 1.165) is 0 Å². The standard InChI is InChI=1S/C8H8.2ClH.H3N/c1-5-6(2)8-4-3-7(5)8;;;/h3-4H,1-2H3;2*1H;1H3. The first-order valence-electron chi connectivity index (χ1n) is 2.91. The van der Waals surface area contributed by atoms with E-state index in [-0.39, 0.29) is 31.0 Å². The van der Waals surface area contributed by atoms with Crippen molar-refractivity contribution in [2.75, 3.05) is 0 Å². The fourth-order valence-electron chi connectivity index (χ4n) is 1.25. The van der Waals surface area contributed by atoms with E-state index < -0.39 is 0 Å². The maximum absolute atomic E-state index is 2.18. The first kappa shape index (κ1) is 13.4. The third kappa shape index (κ3) is 1.36. The summed E-state index contributed by atoms with van der Waals surface area (Å²) in [7, 11) is 0. The SMILES string of the molecule is Cc1c2ccc-2c1C.Cl.Cl.N. The Morgan fingerprint density at radius 2 is 1.09 bits per heavy atom. The van der Waals surface area contributed by atoms with Crippen LogP contribution in [0.15, 0.2) is 12.1 Å². The molecule has 0 aromatic rings. The lowest BCUT2D eigenvalue weighted by atomic mass is 9.81. The number of benzene rings is 1. The summed E-state index contributed by atoms with van der Waals surface area (Å²) < 4.78 is 0. The predicted molar refractivity (Wildman–Crippen MR) is 54.4 cm³/mol. The minimum Gasteiger partial charge on any atom is -0.344 e. The van der Waals surface area contributed by atoms with Gasteiger partial charge in [0.05, 0.1) is 0 Å². The lowest BCUT2D eigenvalue weighted by Gasteiger charge is -2.23. The molecule has 0 radical (unpaired) electrons. The van der Waals surface area contributed by atoms with Gasteiger partial charge in [-0.3, -0.25) is 0 Å². The predicted octanol–water partition coefficient (Wildman–Crippen LogP) is 3.29. The molecule has 0 aromatic carbocycles. The average Bonchev–Trinajstić information content (AvgIpc) is 1.64. The molecule has 0 amide bonds. The molecular weight excluding hydrogens is 181 g/mol. The Bertz CT molecular complexity index is 232. The molecule has 3 heteroatoms. The summed E-state index contributed by atoms with van der Waals surface area (Å²) in [6, 6.07) is 4.36. The van der Waals surface area contributed by atoms with Crippen LogP contribution in [0, 0.1) is 13.8 Å². The van der Waals surface area contributed by atoms with Gasteiger partial charge in [0.2, 0.25) is 0 Å². The molecule has 11 heavy (non-hydrogen) atoms. The zero-order chi connectivity index (χ0) is 5.72. The summed E-state index contributed by atoms with van der Waals surface area (Å²) in [5.74, 6) is 0. The number of hydrogen-bond acceptors (Lipinski definition) is 1. The molecule has 2 aliphatic carbocycles. The highest BCUT2D eigenvalue weighted by Gasteiger charge is 2.17. The highest BCUT2D eigenvalue weighted by atomic mass is 35.5. The molecule has 0 bridgehead atoms. The second kappa shape index (κ2) is 3.96. The van der Waals surface area contributed by atoms with Crippen LogP contribution in [0.5, 0.6) is 0 Å². The van der Waals surface area contributed by atoms with E-state index in [9.17, 15) is 0 Å². The summed E-state index contributed by atoms with van der Waals surface area (Å²) in [6.45, 7) is 4.36. The van der Waals surface area contributed by atoms with Crippen LogP contribution < -0.4 is 6.15 Å². The molecule has 0 spiro atoms. The Morgan fingerprint density at radius 1 is 0.818 bits per heavy atom. The van der Waals surface area contributed by atoms with Crippen molar-refractivity contribution in [2.45, 2.75) is 13.8 Å². The van der Waals surface area contributed by atoms with E-state index in [2.05, 4.69) is 26.0 Å². The Kier molecular flexibility index (Phi) is 4.80. The van der Waals surface area contributed by atoms with E-state index in [0.29, 0.717) is 0 Å². The van der Waals surface area contributed by atoms with Crippen LogP contribution in [0.25, 0.3) is 11.1 Å². The molecule has 3 N–H and O–H groups in total. The Hall–Kier alpha value is -0.240. The molecule has 0 fully saturated rings. The zero-order valence-corrected chi connectivity index (χ0v) is 8.31. The molecule has 0 aliphatic heterocycles. The quantitative estimate of drug-likeness (QED) is 0.686. The highest BCUT2D eigenvalue weighted by molar-refractivity contribution is 5.86. The van der Waals surface area contributed by atoms with Gasteiger partial charge in [-0.25, -0.2) is 0 Å². The summed E-state index contributed by atoms with van der Waals surface area (Å²) >= 11 is 0. The highest BCUT2D eigenvalue weighted by Crippen LogP contribution is 2.40. The van der Waals surface area contributed by atoms with Crippen LogP contribution in [0.1, 0.15) is 11.1 Å². The van der Waals surface area contributed by atoms with Crippen molar-refractivity contribution in [1.82, 2.24) is 6.15 Å². The third-order valence-electron chi connectivity index (χ3n) is 2.08. The van der Waals surface area contributed by atoms with E-state index in [1.54, 1.807) is 0 Å². The van der Waals surface area contributed by atoms with Crippen molar-refractivity contribution in [1.29, 1.82) is 0 Å². The lowest BCUT2D eigenvalue weighted by molar-refractivity contribution is 1.26. The van der Waals surface area contributed by atoms with Crippen LogP contribution >= 0.6 is 24.8 Å². The van der Waals surface area contributed by atoms with Gasteiger partial charge in [0.25, 0.3) is 0 Å². The molecule has 64 valence electrons. The van der Waals surface area contributed by atoms with Crippen molar-refractivity contribution >= 4 is 24.8 Å². The largest absolute Gasteiger partial charge is 0.344 e. The number of hydrogen-bond donors (Lipinski definition) is 1. The maximum atomic E-state index is 2.18. The second-order valence-corrected chi connectivity index (χ2v) is 2.41. The monoisotopic (exact) mass is 193 g/mol. The molecule has 0 saturated heterocycles. The normalized spacial score (nSPS) is 8.55. The zero-order valence-electron chi connectivity index (χ0n) is 6.68. The fraction of sp³-hybridized carbons (Fsp3) is 0.250. The molecular formula is C8H13Cl2N. The lowest BCUT2D eigenvalue weighted by Crippen LogP contribution is -2.01. The minimum atomic E-state index is 0. The van der Waals surface area contributed by atoms with Crippen LogP contribution in [0.3, 0.4) is 0 Å². The summed E-state index contributed by atoms with van der Waals surface area (Å²) in [5, 5.41) is 0. The maximum Gasteiger partial charge on any atom is -0.0149 e. The van der Waals surface area contributed by atoms with Gasteiger partial charge in [0.1, 0.15) is 0 Å². The molecule has 0 saturated carbocycles. The first-order valence-corrected chi connectivity index (χ1v) is 2.91. The molecule has 0 heterocycles. The smallest absolute Gasteiger partial charge is 0.0149 e. The molecule has 0 atom stereocenters. The summed E-state index contributed by atoms with van der Waals surface area (Å²) in [6.07, 6.45) is 0.